The molecule has 0 saturated carbocycles. The molecule has 1 aliphatic rings. The molecule has 1 N–H and O–H groups in total. The highest BCUT2D eigenvalue weighted by Gasteiger charge is 2.17. The highest BCUT2D eigenvalue weighted by molar-refractivity contribution is 5.80. The molecule has 20 heavy (non-hydrogen) atoms. The van der Waals surface area contributed by atoms with Crippen LogP contribution in [0.2, 0.25) is 0 Å². The molecule has 0 aliphatic carbocycles. The van der Waals surface area contributed by atoms with Gasteiger partial charge in [0.15, 0.2) is 0 Å². The van der Waals surface area contributed by atoms with Crippen molar-refractivity contribution in [2.24, 2.45) is 0 Å². The molecule has 4 rings (SSSR count). The lowest BCUT2D eigenvalue weighted by Gasteiger charge is -2.11. The summed E-state index contributed by atoms with van der Waals surface area (Å²) >= 11 is 0. The van der Waals surface area contributed by atoms with E-state index in [1.165, 1.54) is 16.8 Å². The molecule has 0 amide bonds. The first kappa shape index (κ1) is 11.2. The number of nitrogens with one attached hydrogen (secondary N) is 1. The summed E-state index contributed by atoms with van der Waals surface area (Å²) in [6.07, 6.45) is 8.46. The quantitative estimate of drug-likeness (QED) is 0.772. The molecule has 0 radical (unpaired) electrons. The lowest BCUT2D eigenvalue weighted by atomic mass is 10.1. The molecule has 98 valence electrons. The van der Waals surface area contributed by atoms with E-state index >= 15 is 0 Å². The summed E-state index contributed by atoms with van der Waals surface area (Å²) in [5, 5.41) is 3.48. The zero-order chi connectivity index (χ0) is 13.4. The maximum Gasteiger partial charge on any atom is 0.0997 e. The number of rotatable bonds is 2. The van der Waals surface area contributed by atoms with Crippen LogP contribution in [-0.2, 0) is 6.42 Å². The minimum atomic E-state index is 1.01. The molecule has 0 saturated heterocycles. The summed E-state index contributed by atoms with van der Waals surface area (Å²) < 4.78 is 2.07. The van der Waals surface area contributed by atoms with Gasteiger partial charge in [0, 0.05) is 24.0 Å². The van der Waals surface area contributed by atoms with Crippen LogP contribution in [0.4, 0.5) is 5.69 Å². The normalized spacial score (nSPS) is 13.0. The molecule has 0 spiro atoms. The molecule has 1 aliphatic heterocycles. The van der Waals surface area contributed by atoms with Gasteiger partial charge in [-0.2, -0.15) is 0 Å². The largest absolute Gasteiger partial charge is 0.384 e. The third-order valence-corrected chi connectivity index (χ3v) is 3.69. The smallest absolute Gasteiger partial charge is 0.0997 e. The number of anilines is 1. The number of para-hydroxylation sites is 1. The molecule has 4 nitrogen and oxygen atoms in total. The Hall–Kier alpha value is -2.62. The van der Waals surface area contributed by atoms with E-state index in [9.17, 15) is 0 Å². The monoisotopic (exact) mass is 262 g/mol. The zero-order valence-corrected chi connectivity index (χ0v) is 11.0. The Morgan fingerprint density at radius 2 is 2.05 bits per heavy atom. The number of fused-ring (bicyclic) bond motifs is 1. The Morgan fingerprint density at radius 1 is 1.05 bits per heavy atom. The van der Waals surface area contributed by atoms with Crippen molar-refractivity contribution in [1.82, 2.24) is 14.5 Å². The van der Waals surface area contributed by atoms with Gasteiger partial charge in [-0.15, -0.1) is 0 Å². The van der Waals surface area contributed by atoms with E-state index in [1.807, 2.05) is 30.9 Å². The fraction of sp³-hybridized carbons (Fsp3) is 0.125. The Kier molecular flexibility index (Phi) is 2.52. The van der Waals surface area contributed by atoms with Crippen molar-refractivity contribution in [2.75, 3.05) is 11.9 Å². The van der Waals surface area contributed by atoms with E-state index in [0.29, 0.717) is 0 Å². The minimum absolute atomic E-state index is 1.01. The van der Waals surface area contributed by atoms with E-state index in [2.05, 4.69) is 38.1 Å². The minimum Gasteiger partial charge on any atom is -0.384 e. The number of nitrogens with zero attached hydrogens (tertiary/aromatic N) is 3. The third-order valence-electron chi connectivity index (χ3n) is 3.69. The van der Waals surface area contributed by atoms with Gasteiger partial charge < -0.3 is 5.32 Å². The Morgan fingerprint density at radius 3 is 2.95 bits per heavy atom. The highest BCUT2D eigenvalue weighted by atomic mass is 15.1. The number of aromatic nitrogens is 3. The molecule has 0 atom stereocenters. The summed E-state index contributed by atoms with van der Waals surface area (Å²) in [6, 6.07) is 10.4. The number of pyridine rings is 1. The van der Waals surface area contributed by atoms with Crippen LogP contribution in [0.25, 0.3) is 16.9 Å². The van der Waals surface area contributed by atoms with Crippen molar-refractivity contribution in [1.29, 1.82) is 0 Å². The van der Waals surface area contributed by atoms with Crippen LogP contribution in [0.5, 0.6) is 0 Å². The lowest BCUT2D eigenvalue weighted by molar-refractivity contribution is 1.04. The first-order valence-electron chi connectivity index (χ1n) is 6.72. The van der Waals surface area contributed by atoms with Gasteiger partial charge in [-0.25, -0.2) is 4.98 Å². The van der Waals surface area contributed by atoms with Crippen LogP contribution < -0.4 is 5.32 Å². The van der Waals surface area contributed by atoms with E-state index in [-0.39, 0.29) is 0 Å². The van der Waals surface area contributed by atoms with Crippen molar-refractivity contribution < 1.29 is 0 Å². The summed E-state index contributed by atoms with van der Waals surface area (Å²) in [4.78, 5) is 8.49. The number of benzene rings is 1. The Bertz CT molecular complexity index is 746. The standard InChI is InChI=1S/C16H14N4/c1-3-12-6-8-19-16(12)14(5-1)15-10-18-11-20(15)13-4-2-7-17-9-13/h1-5,7,9-11,19H,6,8H2. The molecule has 2 aromatic heterocycles. The van der Waals surface area contributed by atoms with Gasteiger partial charge in [0.2, 0.25) is 0 Å². The second-order valence-corrected chi connectivity index (χ2v) is 4.88. The molecular weight excluding hydrogens is 248 g/mol. The maximum absolute atomic E-state index is 4.31. The topological polar surface area (TPSA) is 42.7 Å². The van der Waals surface area contributed by atoms with Gasteiger partial charge in [0.05, 0.1) is 30.1 Å². The van der Waals surface area contributed by atoms with E-state index in [1.54, 1.807) is 6.20 Å². The second-order valence-electron chi connectivity index (χ2n) is 4.88. The van der Waals surface area contributed by atoms with Gasteiger partial charge in [-0.3, -0.25) is 9.55 Å². The summed E-state index contributed by atoms with van der Waals surface area (Å²) in [5.41, 5.74) is 5.92. The fourth-order valence-corrected chi connectivity index (χ4v) is 2.75. The first-order valence-corrected chi connectivity index (χ1v) is 6.72. The predicted molar refractivity (Wildman–Crippen MR) is 79.0 cm³/mol. The van der Waals surface area contributed by atoms with Gasteiger partial charge >= 0.3 is 0 Å². The van der Waals surface area contributed by atoms with Crippen LogP contribution >= 0.6 is 0 Å². The van der Waals surface area contributed by atoms with Crippen molar-refractivity contribution in [3.05, 3.63) is 60.8 Å². The summed E-state index contributed by atoms with van der Waals surface area (Å²) in [6.45, 7) is 1.01. The summed E-state index contributed by atoms with van der Waals surface area (Å²) in [5.74, 6) is 0. The first-order chi connectivity index (χ1) is 9.93. The van der Waals surface area contributed by atoms with Crippen LogP contribution in [-0.4, -0.2) is 21.1 Å². The van der Waals surface area contributed by atoms with Crippen LogP contribution in [0, 0.1) is 0 Å². The van der Waals surface area contributed by atoms with E-state index in [4.69, 9.17) is 0 Å². The third kappa shape index (κ3) is 1.69. The summed E-state index contributed by atoms with van der Waals surface area (Å²) in [7, 11) is 0. The predicted octanol–water partition coefficient (Wildman–Crippen LogP) is 2.90. The number of hydrogen-bond acceptors (Lipinski definition) is 3. The molecule has 3 aromatic rings. The van der Waals surface area contributed by atoms with E-state index < -0.39 is 0 Å². The number of hydrogen-bond donors (Lipinski definition) is 1. The maximum atomic E-state index is 4.31. The number of imidazole rings is 1. The molecule has 0 bridgehead atoms. The van der Waals surface area contributed by atoms with Gasteiger partial charge in [0.25, 0.3) is 0 Å². The van der Waals surface area contributed by atoms with Gasteiger partial charge in [-0.1, -0.05) is 18.2 Å². The average molecular weight is 262 g/mol. The molecule has 4 heteroatoms. The van der Waals surface area contributed by atoms with Gasteiger partial charge in [-0.05, 0) is 24.1 Å². The van der Waals surface area contributed by atoms with Gasteiger partial charge in [0.1, 0.15) is 0 Å². The molecule has 1 aromatic carbocycles. The highest BCUT2D eigenvalue weighted by Crippen LogP contribution is 2.34. The molecule has 0 fully saturated rings. The van der Waals surface area contributed by atoms with Crippen molar-refractivity contribution in [3.63, 3.8) is 0 Å². The Labute approximate surface area is 117 Å². The van der Waals surface area contributed by atoms with Crippen molar-refractivity contribution in [2.45, 2.75) is 6.42 Å². The fourth-order valence-electron chi connectivity index (χ4n) is 2.75. The van der Waals surface area contributed by atoms with Crippen molar-refractivity contribution >= 4 is 5.69 Å². The second kappa shape index (κ2) is 4.49. The van der Waals surface area contributed by atoms with Crippen LogP contribution in [0.3, 0.4) is 0 Å². The van der Waals surface area contributed by atoms with E-state index in [0.717, 1.165) is 24.3 Å². The van der Waals surface area contributed by atoms with Crippen molar-refractivity contribution in [3.8, 4) is 16.9 Å². The lowest BCUT2D eigenvalue weighted by Crippen LogP contribution is -1.98. The molecular formula is C16H14N4. The molecule has 0 unspecified atom stereocenters. The molecule has 3 heterocycles. The average Bonchev–Trinajstić information content (AvgIpc) is 3.16. The van der Waals surface area contributed by atoms with Crippen LogP contribution in [0.1, 0.15) is 5.56 Å². The Balaban J connectivity index is 1.89. The zero-order valence-electron chi connectivity index (χ0n) is 11.0. The SMILES string of the molecule is c1cncc(-n2cncc2-c2cccc3c2NCC3)c1. The van der Waals surface area contributed by atoms with Crippen LogP contribution in [0.15, 0.2) is 55.2 Å².